The molecule has 0 atom stereocenters. The molecule has 0 saturated heterocycles. The van der Waals surface area contributed by atoms with Gasteiger partial charge in [0.25, 0.3) is 17.7 Å². The van der Waals surface area contributed by atoms with Crippen LogP contribution in [0.4, 0.5) is 14.4 Å². The zero-order chi connectivity index (χ0) is 84.8. The average Bonchev–Trinajstić information content (AvgIpc) is 1.57. The van der Waals surface area contributed by atoms with E-state index in [1.54, 1.807) is 115 Å². The van der Waals surface area contributed by atoms with E-state index in [4.69, 9.17) is 32.6 Å². The molecule has 0 N–H and O–H groups in total. The Kier molecular flexibility index (Phi) is 29.2. The fourth-order valence-corrected chi connectivity index (χ4v) is 14.7. The fraction of sp³-hybridized carbons (Fsp3) is 0.506. The third-order valence-electron chi connectivity index (χ3n) is 19.9. The van der Waals surface area contributed by atoms with Gasteiger partial charge in [-0.25, -0.2) is 39.1 Å². The van der Waals surface area contributed by atoms with Crippen molar-refractivity contribution in [1.82, 2.24) is 34.6 Å². The molecule has 0 aliphatic heterocycles. The summed E-state index contributed by atoms with van der Waals surface area (Å²) in [6.07, 6.45) is 14.8. The Labute approximate surface area is 682 Å². The van der Waals surface area contributed by atoms with Crippen molar-refractivity contribution in [1.29, 1.82) is 0 Å². The molecule has 12 rings (SSSR count). The normalized spacial score (nSPS) is 15.5. The topological polar surface area (TPSA) is 324 Å². The number of oxazole rings is 3. The molecule has 3 fully saturated rings. The fourth-order valence-electron chi connectivity index (χ4n) is 13.7. The van der Waals surface area contributed by atoms with Crippen LogP contribution in [0.1, 0.15) is 250 Å². The number of oxime groups is 4. The molecular weight excluding hydrogens is 1500 g/mol. The summed E-state index contributed by atoms with van der Waals surface area (Å²) in [5, 5.41) is 18.3. The Morgan fingerprint density at radius 2 is 0.733 bits per heavy atom. The number of hydrogen-bond acceptors (Lipinski definition) is 24. The molecule has 26 nitrogen and oxygen atoms in total. The molecule has 116 heavy (non-hydrogen) atoms. The van der Waals surface area contributed by atoms with Crippen LogP contribution in [0.15, 0.2) is 143 Å². The zero-order valence-corrected chi connectivity index (χ0v) is 71.7. The summed E-state index contributed by atoms with van der Waals surface area (Å²) in [5.74, 6) is -1.11. The van der Waals surface area contributed by atoms with Crippen molar-refractivity contribution in [2.75, 3.05) is 14.1 Å². The number of amides is 3. The van der Waals surface area contributed by atoms with Crippen molar-refractivity contribution in [3.05, 3.63) is 132 Å². The van der Waals surface area contributed by atoms with Gasteiger partial charge in [-0.1, -0.05) is 222 Å². The molecule has 5 aromatic carbocycles. The smallest absolute Gasteiger partial charge is 0.435 e. The first-order chi connectivity index (χ1) is 54.5. The number of Topliss-reactive ketones (excluding diaryl/α,β-unsaturated/α-hetero) is 4. The lowest BCUT2D eigenvalue weighted by Crippen LogP contribution is -2.55. The van der Waals surface area contributed by atoms with Crippen molar-refractivity contribution in [2.24, 2.45) is 48.2 Å². The minimum Gasteiger partial charge on any atom is -0.435 e. The maximum atomic E-state index is 13.1. The quantitative estimate of drug-likeness (QED) is 0.0493. The highest BCUT2D eigenvalue weighted by Crippen LogP contribution is 2.34. The number of benzene rings is 5. The number of nitrogens with zero attached hydrogens (tertiary/aromatic N) is 11. The molecule has 3 saturated carbocycles. The van der Waals surface area contributed by atoms with Crippen molar-refractivity contribution >= 4 is 136 Å². The van der Waals surface area contributed by atoms with E-state index in [2.05, 4.69) is 40.6 Å². The molecule has 3 aliphatic rings. The molecule has 3 aliphatic carbocycles. The van der Waals surface area contributed by atoms with Gasteiger partial charge in [-0.2, -0.15) is 0 Å². The number of aromatic nitrogens is 4. The van der Waals surface area contributed by atoms with Crippen molar-refractivity contribution in [2.45, 2.75) is 251 Å². The molecule has 620 valence electrons. The van der Waals surface area contributed by atoms with Crippen LogP contribution in [0.3, 0.4) is 0 Å². The molecule has 3 amide bonds. The van der Waals surface area contributed by atoms with E-state index in [1.807, 2.05) is 147 Å². The predicted octanol–water partition coefficient (Wildman–Crippen LogP) is 20.6. The summed E-state index contributed by atoms with van der Waals surface area (Å²) in [6.45, 7) is 32.8. The summed E-state index contributed by atoms with van der Waals surface area (Å²) in [6, 6.07) is 34.0. The van der Waals surface area contributed by atoms with Gasteiger partial charge in [0.2, 0.25) is 17.1 Å². The Balaban J connectivity index is 0.000000177. The zero-order valence-electron chi connectivity index (χ0n) is 70.9. The van der Waals surface area contributed by atoms with E-state index < -0.39 is 57.0 Å². The number of hydrogen-bond donors (Lipinski definition) is 0. The van der Waals surface area contributed by atoms with Crippen LogP contribution in [0.2, 0.25) is 0 Å². The third-order valence-corrected chi connectivity index (χ3v) is 21.0. The second-order valence-corrected chi connectivity index (χ2v) is 37.0. The van der Waals surface area contributed by atoms with Gasteiger partial charge in [0.1, 0.15) is 21.6 Å². The number of thiazole rings is 1. The second-order valence-electron chi connectivity index (χ2n) is 35.9. The SMILES string of the molecule is CC(C)(C)C(=O)/C(=N\OC(=O)CC1CCCCC1)c1nc2cc3ccccc3cc2o1.CC(C)(C)C(=O)/C(=N\OC(=O)N(C(C)(C)C)C(C)(C)C)c1nc2ccccc2o1.CN(C(=O)O/N=C(\C(=O)C(C)(C)C)c1nc2ccccc2o1)C1CCCCC1.CN(C(=O)O/N=C(\C(=O)C(C)(C)C)c1nc2ccccc2s1)C1CCCCC1. The lowest BCUT2D eigenvalue weighted by Gasteiger charge is -2.43. The number of carbonyl (C=O) groups is 8. The number of ketones is 4. The third kappa shape index (κ3) is 23.8. The Morgan fingerprint density at radius 3 is 1.15 bits per heavy atom. The highest BCUT2D eigenvalue weighted by Gasteiger charge is 2.40. The Bertz CT molecular complexity index is 4820. The Hall–Kier alpha value is -10.7. The average molecular weight is 1610 g/mol. The molecule has 4 aromatic heterocycles. The van der Waals surface area contributed by atoms with Gasteiger partial charge in [-0.3, -0.25) is 38.6 Å². The van der Waals surface area contributed by atoms with Gasteiger partial charge in [0.15, 0.2) is 45.6 Å². The van der Waals surface area contributed by atoms with E-state index in [1.165, 1.54) is 30.6 Å². The van der Waals surface area contributed by atoms with Gasteiger partial charge in [0, 0.05) is 58.9 Å². The first-order valence-corrected chi connectivity index (χ1v) is 40.8. The molecule has 0 radical (unpaired) electrons. The molecule has 27 heteroatoms. The van der Waals surface area contributed by atoms with Gasteiger partial charge in [-0.05, 0) is 145 Å². The molecule has 9 aromatic rings. The first kappa shape index (κ1) is 89.2. The van der Waals surface area contributed by atoms with E-state index in [0.717, 1.165) is 98.0 Å². The largest absolute Gasteiger partial charge is 0.436 e. The molecular formula is C89H113N11O15S. The second kappa shape index (κ2) is 37.9. The van der Waals surface area contributed by atoms with Crippen LogP contribution in [-0.4, -0.2) is 142 Å². The number of rotatable bonds is 16. The van der Waals surface area contributed by atoms with E-state index in [9.17, 15) is 38.4 Å². The number of carbonyl (C=O) groups excluding carboxylic acids is 8. The highest BCUT2D eigenvalue weighted by atomic mass is 32.1. The van der Waals surface area contributed by atoms with E-state index in [0.29, 0.717) is 50.6 Å². The van der Waals surface area contributed by atoms with E-state index in [-0.39, 0.29) is 75.7 Å². The van der Waals surface area contributed by atoms with Crippen molar-refractivity contribution in [3.8, 4) is 0 Å². The summed E-state index contributed by atoms with van der Waals surface area (Å²) < 4.78 is 18.2. The van der Waals surface area contributed by atoms with Gasteiger partial charge in [0.05, 0.1) is 16.6 Å². The van der Waals surface area contributed by atoms with Gasteiger partial charge < -0.3 is 27.9 Å². The van der Waals surface area contributed by atoms with Crippen molar-refractivity contribution < 1.29 is 71.0 Å². The summed E-state index contributed by atoms with van der Waals surface area (Å²) >= 11 is 1.37. The lowest BCUT2D eigenvalue weighted by atomic mass is 9.87. The van der Waals surface area contributed by atoms with Crippen molar-refractivity contribution in [3.63, 3.8) is 0 Å². The van der Waals surface area contributed by atoms with Gasteiger partial charge >= 0.3 is 24.2 Å². The van der Waals surface area contributed by atoms with Crippen LogP contribution in [0.5, 0.6) is 0 Å². The van der Waals surface area contributed by atoms with Crippen LogP contribution in [-0.2, 0) is 43.3 Å². The monoisotopic (exact) mass is 1610 g/mol. The Morgan fingerprint density at radius 1 is 0.388 bits per heavy atom. The highest BCUT2D eigenvalue weighted by molar-refractivity contribution is 7.21. The molecule has 4 heterocycles. The summed E-state index contributed by atoms with van der Waals surface area (Å²) in [5.41, 5.74) is 0.143. The van der Waals surface area contributed by atoms with Crippen LogP contribution in [0.25, 0.3) is 54.3 Å². The number of para-hydroxylation sites is 5. The first-order valence-electron chi connectivity index (χ1n) is 40.0. The van der Waals surface area contributed by atoms with Crippen LogP contribution >= 0.6 is 11.3 Å². The lowest BCUT2D eigenvalue weighted by molar-refractivity contribution is -0.145. The number of fused-ring (bicyclic) bond motifs is 5. The minimum atomic E-state index is -0.764. The summed E-state index contributed by atoms with van der Waals surface area (Å²) in [4.78, 5) is 145. The van der Waals surface area contributed by atoms with Gasteiger partial charge in [-0.15, -0.1) is 11.3 Å². The molecule has 0 bridgehead atoms. The standard InChI is InChI=1S/C25H28N2O4.C22H31N3O4.C21H27N3O4.C21H27N3O3S/c1-25(2,3)23(29)22(27-31-21(28)13-16-9-5-4-6-10-16)24-26-19-14-17-11-7-8-12-18(17)15-20(19)30-24;1-20(2,3)17(26)16(18-23-14-12-10-11-13-15(14)28-18)24-29-19(27)25(21(4,5)6)22(7,8)9;1-21(2,3)18(25)17(19-22-15-12-8-9-13-16(15)27-19)23-28-20(26)24(4)14-10-6-5-7-11-14;1-21(2,3)18(25)17(19-22-15-12-8-9-13-16(15)28-19)23-27-20(26)24(4)14-10-6-5-7-11-14/h7-8,11-12,14-16H,4-6,9-10,13H2,1-3H3;10-13H,1-9H3;2*8-9,12-14H,5-7,10-11H2,1-4H3/b27-22+;24-16+;2*23-17+. The van der Waals surface area contributed by atoms with E-state index >= 15 is 0 Å². The summed E-state index contributed by atoms with van der Waals surface area (Å²) in [7, 11) is 3.44. The maximum Gasteiger partial charge on any atom is 0.436 e. The maximum absolute atomic E-state index is 13.1. The van der Waals surface area contributed by atoms with Crippen LogP contribution in [0, 0.1) is 27.6 Å². The molecule has 0 unspecified atom stereocenters. The predicted molar refractivity (Wildman–Crippen MR) is 450 cm³/mol. The van der Waals surface area contributed by atoms with Crippen LogP contribution < -0.4 is 0 Å². The minimum absolute atomic E-state index is 0.0250. The molecule has 0 spiro atoms.